The van der Waals surface area contributed by atoms with Gasteiger partial charge in [0.15, 0.2) is 0 Å². The van der Waals surface area contributed by atoms with Gasteiger partial charge < -0.3 is 10.0 Å². The van der Waals surface area contributed by atoms with Crippen LogP contribution in [0.5, 0.6) is 5.75 Å². The van der Waals surface area contributed by atoms with Crippen LogP contribution < -0.4 is 4.90 Å². The van der Waals surface area contributed by atoms with E-state index in [2.05, 4.69) is 0 Å². The smallest absolute Gasteiger partial charge is 0.258 e. The average molecular weight is 283 g/mol. The van der Waals surface area contributed by atoms with Gasteiger partial charge in [-0.3, -0.25) is 4.79 Å². The van der Waals surface area contributed by atoms with Crippen molar-refractivity contribution >= 4 is 11.6 Å². The zero-order valence-electron chi connectivity index (χ0n) is 13.0. The van der Waals surface area contributed by atoms with Crippen LogP contribution in [0, 0.1) is 20.8 Å². The van der Waals surface area contributed by atoms with Gasteiger partial charge in [0, 0.05) is 18.2 Å². The topological polar surface area (TPSA) is 40.5 Å². The van der Waals surface area contributed by atoms with E-state index in [1.165, 1.54) is 0 Å². The number of aromatic hydroxyl groups is 1. The van der Waals surface area contributed by atoms with Crippen molar-refractivity contribution in [3.8, 4) is 5.75 Å². The van der Waals surface area contributed by atoms with Gasteiger partial charge in [-0.1, -0.05) is 23.8 Å². The van der Waals surface area contributed by atoms with Crippen LogP contribution in [0.3, 0.4) is 0 Å². The Bertz CT molecular complexity index is 677. The first-order valence-electron chi connectivity index (χ1n) is 7.12. The molecule has 0 radical (unpaired) electrons. The molecule has 0 bridgehead atoms. The van der Waals surface area contributed by atoms with Gasteiger partial charge in [-0.15, -0.1) is 0 Å². The summed E-state index contributed by atoms with van der Waals surface area (Å²) >= 11 is 0. The van der Waals surface area contributed by atoms with E-state index in [1.54, 1.807) is 17.0 Å². The lowest BCUT2D eigenvalue weighted by molar-refractivity contribution is 0.0987. The molecular formula is C18H21NO2. The Hall–Kier alpha value is -2.29. The quantitative estimate of drug-likeness (QED) is 0.925. The Morgan fingerprint density at radius 2 is 1.76 bits per heavy atom. The van der Waals surface area contributed by atoms with Crippen LogP contribution in [0.15, 0.2) is 36.4 Å². The van der Waals surface area contributed by atoms with E-state index in [0.29, 0.717) is 12.1 Å². The number of aryl methyl sites for hydroxylation is 3. The van der Waals surface area contributed by atoms with Gasteiger partial charge in [0.05, 0.1) is 5.69 Å². The molecule has 3 heteroatoms. The molecule has 0 unspecified atom stereocenters. The number of anilines is 1. The lowest BCUT2D eigenvalue weighted by Crippen LogP contribution is -2.31. The highest BCUT2D eigenvalue weighted by atomic mass is 16.3. The van der Waals surface area contributed by atoms with E-state index in [-0.39, 0.29) is 11.7 Å². The van der Waals surface area contributed by atoms with Gasteiger partial charge in [0.25, 0.3) is 5.91 Å². The Balaban J connectivity index is 2.45. The van der Waals surface area contributed by atoms with Gasteiger partial charge in [-0.25, -0.2) is 0 Å². The maximum absolute atomic E-state index is 12.8. The van der Waals surface area contributed by atoms with E-state index < -0.39 is 0 Å². The van der Waals surface area contributed by atoms with Gasteiger partial charge in [0.1, 0.15) is 5.75 Å². The Morgan fingerprint density at radius 1 is 1.05 bits per heavy atom. The molecule has 0 saturated heterocycles. The lowest BCUT2D eigenvalue weighted by Gasteiger charge is -2.24. The number of phenolic OH excluding ortho intramolecular Hbond substituents is 1. The number of phenols is 1. The predicted molar refractivity (Wildman–Crippen MR) is 86.1 cm³/mol. The minimum atomic E-state index is -0.0382. The number of hydrogen-bond donors (Lipinski definition) is 1. The first kappa shape index (κ1) is 15.1. The zero-order valence-corrected chi connectivity index (χ0v) is 13.0. The van der Waals surface area contributed by atoms with Crippen molar-refractivity contribution in [3.05, 3.63) is 58.7 Å². The standard InChI is InChI=1S/C18H21NO2/c1-5-19(17-11-15(20)8-7-13(17)3)18(21)16-9-6-12(2)10-14(16)4/h6-11,20H,5H2,1-4H3. The minimum Gasteiger partial charge on any atom is -0.508 e. The molecule has 110 valence electrons. The van der Waals surface area contributed by atoms with Crippen LogP contribution in [0.25, 0.3) is 0 Å². The molecule has 1 N–H and O–H groups in total. The number of rotatable bonds is 3. The third-order valence-corrected chi connectivity index (χ3v) is 3.66. The van der Waals surface area contributed by atoms with Gasteiger partial charge in [-0.2, -0.15) is 0 Å². The highest BCUT2D eigenvalue weighted by molar-refractivity contribution is 6.07. The SMILES string of the molecule is CCN(C(=O)c1ccc(C)cc1C)c1cc(O)ccc1C. The fourth-order valence-electron chi connectivity index (χ4n) is 2.51. The van der Waals surface area contributed by atoms with E-state index >= 15 is 0 Å². The number of amides is 1. The number of carbonyl (C=O) groups excluding carboxylic acids is 1. The van der Waals surface area contributed by atoms with Crippen molar-refractivity contribution in [1.29, 1.82) is 0 Å². The number of benzene rings is 2. The fraction of sp³-hybridized carbons (Fsp3) is 0.278. The number of hydrogen-bond acceptors (Lipinski definition) is 2. The molecular weight excluding hydrogens is 262 g/mol. The monoisotopic (exact) mass is 283 g/mol. The highest BCUT2D eigenvalue weighted by Crippen LogP contribution is 2.27. The third kappa shape index (κ3) is 3.07. The van der Waals surface area contributed by atoms with Crippen LogP contribution in [0.1, 0.15) is 34.0 Å². The summed E-state index contributed by atoms with van der Waals surface area (Å²) in [6.45, 7) is 8.38. The van der Waals surface area contributed by atoms with E-state index in [9.17, 15) is 9.90 Å². The second-order valence-corrected chi connectivity index (χ2v) is 5.34. The summed E-state index contributed by atoms with van der Waals surface area (Å²) < 4.78 is 0. The summed E-state index contributed by atoms with van der Waals surface area (Å²) in [6.07, 6.45) is 0. The summed E-state index contributed by atoms with van der Waals surface area (Å²) in [7, 11) is 0. The summed E-state index contributed by atoms with van der Waals surface area (Å²) in [4.78, 5) is 14.5. The van der Waals surface area contributed by atoms with Gasteiger partial charge in [0.2, 0.25) is 0 Å². The second-order valence-electron chi connectivity index (χ2n) is 5.34. The van der Waals surface area contributed by atoms with Crippen molar-refractivity contribution in [2.24, 2.45) is 0 Å². The van der Waals surface area contributed by atoms with Crippen LogP contribution in [-0.2, 0) is 0 Å². The molecule has 21 heavy (non-hydrogen) atoms. The van der Waals surface area contributed by atoms with E-state index in [4.69, 9.17) is 0 Å². The second kappa shape index (κ2) is 6.00. The van der Waals surface area contributed by atoms with E-state index in [1.807, 2.05) is 52.0 Å². The molecule has 0 fully saturated rings. The summed E-state index contributed by atoms with van der Waals surface area (Å²) in [5.41, 5.74) is 4.53. The van der Waals surface area contributed by atoms with Gasteiger partial charge >= 0.3 is 0 Å². The zero-order chi connectivity index (χ0) is 15.6. The summed E-state index contributed by atoms with van der Waals surface area (Å²) in [5.74, 6) is 0.131. The first-order chi connectivity index (χ1) is 9.93. The summed E-state index contributed by atoms with van der Waals surface area (Å²) in [5, 5.41) is 9.69. The normalized spacial score (nSPS) is 10.5. The average Bonchev–Trinajstić information content (AvgIpc) is 2.43. The van der Waals surface area contributed by atoms with Crippen molar-refractivity contribution in [2.45, 2.75) is 27.7 Å². The lowest BCUT2D eigenvalue weighted by atomic mass is 10.0. The molecule has 0 aliphatic rings. The van der Waals surface area contributed by atoms with Crippen molar-refractivity contribution < 1.29 is 9.90 Å². The van der Waals surface area contributed by atoms with Crippen molar-refractivity contribution in [3.63, 3.8) is 0 Å². The van der Waals surface area contributed by atoms with E-state index in [0.717, 1.165) is 22.4 Å². The molecule has 3 nitrogen and oxygen atoms in total. The molecule has 0 heterocycles. The molecule has 0 aliphatic heterocycles. The maximum atomic E-state index is 12.8. The molecule has 1 amide bonds. The molecule has 0 aromatic heterocycles. The Labute approximate surface area is 125 Å². The maximum Gasteiger partial charge on any atom is 0.258 e. The highest BCUT2D eigenvalue weighted by Gasteiger charge is 2.19. The number of nitrogens with zero attached hydrogens (tertiary/aromatic N) is 1. The molecule has 0 spiro atoms. The van der Waals surface area contributed by atoms with Crippen LogP contribution in [-0.4, -0.2) is 17.6 Å². The molecule has 0 aliphatic carbocycles. The molecule has 2 rings (SSSR count). The number of carbonyl (C=O) groups is 1. The third-order valence-electron chi connectivity index (χ3n) is 3.66. The van der Waals surface area contributed by atoms with Crippen LogP contribution in [0.4, 0.5) is 5.69 Å². The Morgan fingerprint density at radius 3 is 2.38 bits per heavy atom. The van der Waals surface area contributed by atoms with Gasteiger partial charge in [-0.05, 0) is 51.0 Å². The fourth-order valence-corrected chi connectivity index (χ4v) is 2.51. The van der Waals surface area contributed by atoms with Crippen LogP contribution >= 0.6 is 0 Å². The molecule has 0 saturated carbocycles. The van der Waals surface area contributed by atoms with Crippen molar-refractivity contribution in [1.82, 2.24) is 0 Å². The first-order valence-corrected chi connectivity index (χ1v) is 7.12. The predicted octanol–water partition coefficient (Wildman–Crippen LogP) is 3.98. The van der Waals surface area contributed by atoms with Crippen molar-refractivity contribution in [2.75, 3.05) is 11.4 Å². The Kier molecular flexibility index (Phi) is 4.32. The molecule has 2 aromatic carbocycles. The largest absolute Gasteiger partial charge is 0.508 e. The molecule has 2 aromatic rings. The minimum absolute atomic E-state index is 0.0382. The molecule has 0 atom stereocenters. The summed E-state index contributed by atoms with van der Waals surface area (Å²) in [6, 6.07) is 10.9. The van der Waals surface area contributed by atoms with Crippen LogP contribution in [0.2, 0.25) is 0 Å².